The summed E-state index contributed by atoms with van der Waals surface area (Å²) in [5.74, 6) is -0.503. The van der Waals surface area contributed by atoms with Crippen molar-refractivity contribution in [3.8, 4) is 0 Å². The Bertz CT molecular complexity index is 790. The first-order valence-electron chi connectivity index (χ1n) is 5.84. The van der Waals surface area contributed by atoms with E-state index < -0.39 is 15.8 Å². The molecule has 8 heteroatoms. The molecule has 0 fully saturated rings. The summed E-state index contributed by atoms with van der Waals surface area (Å²) < 4.78 is 40.2. The molecule has 21 heavy (non-hydrogen) atoms. The predicted octanol–water partition coefficient (Wildman–Crippen LogP) is 1.96. The standard InChI is InChI=1S/C13H12FN3O2S2/c1-8-2-5-12(16-7-8)17-21(18,19)9-3-4-11(14)10(6-9)13(15)20/h2-7H,1H3,(H2,15,20)(H,16,17). The van der Waals surface area contributed by atoms with Crippen LogP contribution >= 0.6 is 12.2 Å². The number of nitrogens with one attached hydrogen (secondary N) is 1. The second kappa shape index (κ2) is 5.74. The lowest BCUT2D eigenvalue weighted by atomic mass is 10.2. The van der Waals surface area contributed by atoms with Gasteiger partial charge in [-0.2, -0.15) is 0 Å². The molecule has 0 aliphatic carbocycles. The van der Waals surface area contributed by atoms with E-state index in [1.807, 2.05) is 6.92 Å². The molecule has 3 N–H and O–H groups in total. The Hall–Kier alpha value is -2.06. The van der Waals surface area contributed by atoms with Gasteiger partial charge in [0.15, 0.2) is 0 Å². The molecule has 1 aromatic heterocycles. The van der Waals surface area contributed by atoms with Gasteiger partial charge in [-0.05, 0) is 36.8 Å². The van der Waals surface area contributed by atoms with Crippen molar-refractivity contribution in [3.63, 3.8) is 0 Å². The Kier molecular flexibility index (Phi) is 4.19. The summed E-state index contributed by atoms with van der Waals surface area (Å²) in [5.41, 5.74) is 6.14. The highest BCUT2D eigenvalue weighted by Crippen LogP contribution is 2.18. The molecular weight excluding hydrogens is 313 g/mol. The van der Waals surface area contributed by atoms with Crippen molar-refractivity contribution in [1.82, 2.24) is 4.98 Å². The monoisotopic (exact) mass is 325 g/mol. The number of pyridine rings is 1. The summed E-state index contributed by atoms with van der Waals surface area (Å²) in [4.78, 5) is 3.59. The first kappa shape index (κ1) is 15.3. The molecule has 0 radical (unpaired) electrons. The molecule has 0 amide bonds. The highest BCUT2D eigenvalue weighted by Gasteiger charge is 2.17. The van der Waals surface area contributed by atoms with Gasteiger partial charge in [0.2, 0.25) is 0 Å². The maximum Gasteiger partial charge on any atom is 0.263 e. The van der Waals surface area contributed by atoms with Gasteiger partial charge in [-0.3, -0.25) is 4.72 Å². The maximum atomic E-state index is 13.5. The number of anilines is 1. The Labute approximate surface area is 127 Å². The van der Waals surface area contributed by atoms with Gasteiger partial charge in [0.05, 0.1) is 4.90 Å². The number of hydrogen-bond acceptors (Lipinski definition) is 4. The molecule has 0 spiro atoms. The maximum absolute atomic E-state index is 13.5. The minimum atomic E-state index is -3.89. The predicted molar refractivity (Wildman–Crippen MR) is 82.1 cm³/mol. The van der Waals surface area contributed by atoms with Gasteiger partial charge in [0, 0.05) is 11.8 Å². The summed E-state index contributed by atoms with van der Waals surface area (Å²) in [6, 6.07) is 6.48. The summed E-state index contributed by atoms with van der Waals surface area (Å²) in [5, 5.41) is 0. The fraction of sp³-hybridized carbons (Fsp3) is 0.0769. The lowest BCUT2D eigenvalue weighted by Crippen LogP contribution is -2.17. The second-order valence-corrected chi connectivity index (χ2v) is 6.45. The fourth-order valence-electron chi connectivity index (χ4n) is 1.59. The van der Waals surface area contributed by atoms with Crippen LogP contribution in [0.1, 0.15) is 11.1 Å². The van der Waals surface area contributed by atoms with Crippen LogP contribution < -0.4 is 10.5 Å². The first-order valence-corrected chi connectivity index (χ1v) is 7.73. The Morgan fingerprint density at radius 2 is 2.05 bits per heavy atom. The van der Waals surface area contributed by atoms with Crippen LogP contribution in [0.2, 0.25) is 0 Å². The minimum Gasteiger partial charge on any atom is -0.389 e. The highest BCUT2D eigenvalue weighted by atomic mass is 32.2. The molecular formula is C13H12FN3O2S2. The number of aromatic nitrogens is 1. The van der Waals surface area contributed by atoms with Crippen LogP contribution in [0, 0.1) is 12.7 Å². The van der Waals surface area contributed by atoms with Gasteiger partial charge in [0.25, 0.3) is 10.0 Å². The van der Waals surface area contributed by atoms with Crippen molar-refractivity contribution < 1.29 is 12.8 Å². The molecule has 0 unspecified atom stereocenters. The topological polar surface area (TPSA) is 85.1 Å². The van der Waals surface area contributed by atoms with Crippen LogP contribution in [-0.4, -0.2) is 18.4 Å². The van der Waals surface area contributed by atoms with Crippen molar-refractivity contribution in [2.45, 2.75) is 11.8 Å². The molecule has 0 aliphatic rings. The number of thiocarbonyl (C=S) groups is 1. The van der Waals surface area contributed by atoms with Crippen molar-refractivity contribution in [1.29, 1.82) is 0 Å². The number of nitrogens with zero attached hydrogens (tertiary/aromatic N) is 1. The summed E-state index contributed by atoms with van der Waals surface area (Å²) in [6.45, 7) is 1.83. The lowest BCUT2D eigenvalue weighted by Gasteiger charge is -2.09. The molecule has 0 atom stereocenters. The Morgan fingerprint density at radius 1 is 1.33 bits per heavy atom. The molecule has 0 bridgehead atoms. The number of halogens is 1. The SMILES string of the molecule is Cc1ccc(NS(=O)(=O)c2ccc(F)c(C(N)=S)c2)nc1. The molecule has 110 valence electrons. The number of sulfonamides is 1. The van der Waals surface area contributed by atoms with Gasteiger partial charge in [0.1, 0.15) is 16.6 Å². The van der Waals surface area contributed by atoms with E-state index in [1.54, 1.807) is 6.07 Å². The zero-order chi connectivity index (χ0) is 15.6. The van der Waals surface area contributed by atoms with Crippen LogP contribution in [0.25, 0.3) is 0 Å². The normalized spacial score (nSPS) is 11.1. The van der Waals surface area contributed by atoms with Gasteiger partial charge >= 0.3 is 0 Å². The van der Waals surface area contributed by atoms with Crippen LogP contribution in [0.5, 0.6) is 0 Å². The number of nitrogens with two attached hydrogens (primary N) is 1. The van der Waals surface area contributed by atoms with Crippen molar-refractivity contribution >= 4 is 33.0 Å². The molecule has 0 aliphatic heterocycles. The van der Waals surface area contributed by atoms with Crippen LogP contribution in [-0.2, 0) is 10.0 Å². The van der Waals surface area contributed by atoms with Gasteiger partial charge in [-0.15, -0.1) is 0 Å². The average Bonchev–Trinajstić information content (AvgIpc) is 2.41. The number of rotatable bonds is 4. The van der Waals surface area contributed by atoms with Crippen LogP contribution in [0.15, 0.2) is 41.4 Å². The minimum absolute atomic E-state index is 0.121. The van der Waals surface area contributed by atoms with E-state index in [0.717, 1.165) is 23.8 Å². The number of benzene rings is 1. The quantitative estimate of drug-likeness (QED) is 0.840. The molecule has 2 rings (SSSR count). The third-order valence-electron chi connectivity index (χ3n) is 2.66. The number of aryl methyl sites for hydroxylation is 1. The van der Waals surface area contributed by atoms with E-state index in [-0.39, 0.29) is 21.3 Å². The summed E-state index contributed by atoms with van der Waals surface area (Å²) >= 11 is 4.69. The zero-order valence-electron chi connectivity index (χ0n) is 11.0. The number of hydrogen-bond donors (Lipinski definition) is 2. The van der Waals surface area contributed by atoms with E-state index in [9.17, 15) is 12.8 Å². The van der Waals surface area contributed by atoms with Crippen molar-refractivity contribution in [2.75, 3.05) is 4.72 Å². The van der Waals surface area contributed by atoms with E-state index in [2.05, 4.69) is 21.9 Å². The average molecular weight is 325 g/mol. The Morgan fingerprint density at radius 3 is 2.62 bits per heavy atom. The van der Waals surface area contributed by atoms with Gasteiger partial charge < -0.3 is 5.73 Å². The molecule has 1 aromatic carbocycles. The smallest absolute Gasteiger partial charge is 0.263 e. The third kappa shape index (κ3) is 3.53. The fourth-order valence-corrected chi connectivity index (χ4v) is 2.78. The van der Waals surface area contributed by atoms with Crippen molar-refractivity contribution in [2.24, 2.45) is 5.73 Å². The highest BCUT2D eigenvalue weighted by molar-refractivity contribution is 7.92. The summed E-state index contributed by atoms with van der Waals surface area (Å²) in [7, 11) is -3.89. The van der Waals surface area contributed by atoms with Gasteiger partial charge in [-0.25, -0.2) is 17.8 Å². The molecule has 1 heterocycles. The van der Waals surface area contributed by atoms with Crippen molar-refractivity contribution in [3.05, 3.63) is 53.5 Å². The Balaban J connectivity index is 2.38. The molecule has 0 saturated heterocycles. The van der Waals surface area contributed by atoms with E-state index >= 15 is 0 Å². The van der Waals surface area contributed by atoms with Crippen LogP contribution in [0.3, 0.4) is 0 Å². The van der Waals surface area contributed by atoms with E-state index in [4.69, 9.17) is 5.73 Å². The lowest BCUT2D eigenvalue weighted by molar-refractivity contribution is 0.599. The molecule has 0 saturated carbocycles. The zero-order valence-corrected chi connectivity index (χ0v) is 12.6. The third-order valence-corrected chi connectivity index (χ3v) is 4.24. The molecule has 5 nitrogen and oxygen atoms in total. The first-order chi connectivity index (χ1) is 9.79. The van der Waals surface area contributed by atoms with Crippen LogP contribution in [0.4, 0.5) is 10.2 Å². The second-order valence-electron chi connectivity index (χ2n) is 4.33. The largest absolute Gasteiger partial charge is 0.389 e. The van der Waals surface area contributed by atoms with Gasteiger partial charge in [-0.1, -0.05) is 18.3 Å². The van der Waals surface area contributed by atoms with E-state index in [1.165, 1.54) is 12.3 Å². The summed E-state index contributed by atoms with van der Waals surface area (Å²) in [6.07, 6.45) is 1.53. The van der Waals surface area contributed by atoms with E-state index in [0.29, 0.717) is 0 Å². The molecule has 2 aromatic rings.